The maximum atomic E-state index is 6.39. The highest BCUT2D eigenvalue weighted by Gasteiger charge is 2.15. The van der Waals surface area contributed by atoms with Gasteiger partial charge in [0.05, 0.1) is 5.02 Å². The molecule has 0 atom stereocenters. The van der Waals surface area contributed by atoms with Gasteiger partial charge in [-0.3, -0.25) is 0 Å². The lowest BCUT2D eigenvalue weighted by Crippen LogP contribution is -2.00. The highest BCUT2D eigenvalue weighted by molar-refractivity contribution is 6.35. The number of benzene rings is 5. The van der Waals surface area contributed by atoms with Gasteiger partial charge in [-0.25, -0.2) is 15.0 Å². The fraction of sp³-hybridized carbons (Fsp3) is 0. The highest BCUT2D eigenvalue weighted by atomic mass is 35.5. The number of hydrogen-bond donors (Lipinski definition) is 0. The van der Waals surface area contributed by atoms with E-state index in [0.717, 1.165) is 38.6 Å². The summed E-state index contributed by atoms with van der Waals surface area (Å²) in [7, 11) is 0. The van der Waals surface area contributed by atoms with Crippen molar-refractivity contribution in [2.45, 2.75) is 0 Å². The second kappa shape index (κ2) is 9.25. The molecule has 5 aromatic carbocycles. The van der Waals surface area contributed by atoms with E-state index >= 15 is 0 Å². The average molecular weight is 510 g/mol. The normalized spacial score (nSPS) is 11.3. The molecule has 0 unspecified atom stereocenters. The van der Waals surface area contributed by atoms with E-state index in [1.54, 1.807) is 0 Å². The summed E-state index contributed by atoms with van der Waals surface area (Å²) in [6.45, 7) is 0. The number of aromatic nitrogens is 3. The van der Waals surface area contributed by atoms with Crippen molar-refractivity contribution in [3.63, 3.8) is 0 Å². The van der Waals surface area contributed by atoms with Crippen LogP contribution in [0.3, 0.4) is 0 Å². The maximum Gasteiger partial charge on any atom is 0.164 e. The summed E-state index contributed by atoms with van der Waals surface area (Å²) in [5, 5.41) is 2.58. The summed E-state index contributed by atoms with van der Waals surface area (Å²) in [6.07, 6.45) is 0. The van der Waals surface area contributed by atoms with Crippen molar-refractivity contribution in [1.29, 1.82) is 0 Å². The third kappa shape index (κ3) is 4.01. The number of halogens is 1. The van der Waals surface area contributed by atoms with Gasteiger partial charge in [-0.05, 0) is 29.3 Å². The van der Waals surface area contributed by atoms with Crippen LogP contribution in [0.2, 0.25) is 5.02 Å². The van der Waals surface area contributed by atoms with Gasteiger partial charge >= 0.3 is 0 Å². The molecule has 0 saturated heterocycles. The molecule has 180 valence electrons. The smallest absolute Gasteiger partial charge is 0.164 e. The molecule has 4 nitrogen and oxygen atoms in total. The first-order valence-electron chi connectivity index (χ1n) is 12.3. The first kappa shape index (κ1) is 22.4. The molecular formula is C33H20ClN3O. The highest BCUT2D eigenvalue weighted by Crippen LogP contribution is 2.35. The predicted octanol–water partition coefficient (Wildman–Crippen LogP) is 9.09. The molecule has 0 fully saturated rings. The number of hydrogen-bond acceptors (Lipinski definition) is 4. The zero-order valence-corrected chi connectivity index (χ0v) is 20.9. The minimum absolute atomic E-state index is 0.578. The standard InChI is InChI=1S/C33H20ClN3O/c34-28-13-7-12-27-26-19-18-25(20-29(26)38-30(27)28)33-36-31(23-10-5-2-6-11-23)35-32(37-33)24-16-14-22(15-17-24)21-8-3-1-4-9-21/h1-20H. The largest absolute Gasteiger partial charge is 0.454 e. The van der Waals surface area contributed by atoms with E-state index in [4.69, 9.17) is 31.0 Å². The van der Waals surface area contributed by atoms with E-state index < -0.39 is 0 Å². The second-order valence-electron chi connectivity index (χ2n) is 9.05. The summed E-state index contributed by atoms with van der Waals surface area (Å²) in [4.78, 5) is 14.6. The molecule has 5 heteroatoms. The van der Waals surface area contributed by atoms with Gasteiger partial charge in [-0.15, -0.1) is 0 Å². The summed E-state index contributed by atoms with van der Waals surface area (Å²) < 4.78 is 6.13. The van der Waals surface area contributed by atoms with Gasteiger partial charge in [-0.2, -0.15) is 0 Å². The SMILES string of the molecule is Clc1cccc2c1oc1cc(-c3nc(-c4ccccc4)nc(-c4ccc(-c5ccccc5)cc4)n3)ccc12. The van der Waals surface area contributed by atoms with E-state index in [9.17, 15) is 0 Å². The van der Waals surface area contributed by atoms with Gasteiger partial charge in [0.15, 0.2) is 23.1 Å². The molecule has 0 radical (unpaired) electrons. The molecule has 2 heterocycles. The summed E-state index contributed by atoms with van der Waals surface area (Å²) in [5.41, 5.74) is 6.41. The van der Waals surface area contributed by atoms with Crippen LogP contribution < -0.4 is 0 Å². The Morgan fingerprint density at radius 3 is 1.66 bits per heavy atom. The molecule has 0 aliphatic heterocycles. The van der Waals surface area contributed by atoms with Crippen LogP contribution in [0.15, 0.2) is 126 Å². The lowest BCUT2D eigenvalue weighted by molar-refractivity contribution is 0.669. The molecule has 0 aliphatic rings. The molecule has 2 aromatic heterocycles. The van der Waals surface area contributed by atoms with Crippen LogP contribution in [0.4, 0.5) is 0 Å². The summed E-state index contributed by atoms with van der Waals surface area (Å²) >= 11 is 6.39. The molecule has 7 aromatic rings. The van der Waals surface area contributed by atoms with Crippen LogP contribution in [0.5, 0.6) is 0 Å². The lowest BCUT2D eigenvalue weighted by Gasteiger charge is -2.09. The number of furan rings is 1. The Labute approximate surface area is 224 Å². The van der Waals surface area contributed by atoms with Crippen molar-refractivity contribution in [2.24, 2.45) is 0 Å². The lowest BCUT2D eigenvalue weighted by atomic mass is 10.0. The van der Waals surface area contributed by atoms with E-state index in [1.165, 1.54) is 5.56 Å². The fourth-order valence-electron chi connectivity index (χ4n) is 4.70. The molecule has 0 amide bonds. The molecule has 0 spiro atoms. The first-order chi connectivity index (χ1) is 18.7. The van der Waals surface area contributed by atoms with Gasteiger partial charge in [0.25, 0.3) is 0 Å². The molecular weight excluding hydrogens is 490 g/mol. The minimum Gasteiger partial charge on any atom is -0.454 e. The van der Waals surface area contributed by atoms with Crippen LogP contribution in [-0.4, -0.2) is 15.0 Å². The predicted molar refractivity (Wildman–Crippen MR) is 154 cm³/mol. The molecule has 0 bridgehead atoms. The van der Waals surface area contributed by atoms with Crippen molar-refractivity contribution < 1.29 is 4.42 Å². The van der Waals surface area contributed by atoms with Crippen molar-refractivity contribution >= 4 is 33.5 Å². The van der Waals surface area contributed by atoms with Gasteiger partial charge < -0.3 is 4.42 Å². The fourth-order valence-corrected chi connectivity index (χ4v) is 4.91. The number of para-hydroxylation sites is 1. The first-order valence-corrected chi connectivity index (χ1v) is 12.7. The molecule has 38 heavy (non-hydrogen) atoms. The zero-order valence-electron chi connectivity index (χ0n) is 20.2. The van der Waals surface area contributed by atoms with Crippen molar-refractivity contribution in [3.05, 3.63) is 126 Å². The molecule has 0 saturated carbocycles. The van der Waals surface area contributed by atoms with E-state index in [1.807, 2.05) is 84.9 Å². The summed E-state index contributed by atoms with van der Waals surface area (Å²) in [6, 6.07) is 40.4. The zero-order chi connectivity index (χ0) is 25.5. The van der Waals surface area contributed by atoms with Gasteiger partial charge in [0.1, 0.15) is 5.58 Å². The topological polar surface area (TPSA) is 51.8 Å². The van der Waals surface area contributed by atoms with E-state index in [2.05, 4.69) is 36.4 Å². The van der Waals surface area contributed by atoms with Gasteiger partial charge in [0.2, 0.25) is 0 Å². The molecule has 0 N–H and O–H groups in total. The third-order valence-corrected chi connectivity index (χ3v) is 6.92. The van der Waals surface area contributed by atoms with Crippen LogP contribution in [-0.2, 0) is 0 Å². The minimum atomic E-state index is 0.578. The van der Waals surface area contributed by atoms with E-state index in [0.29, 0.717) is 28.1 Å². The Balaban J connectivity index is 1.37. The van der Waals surface area contributed by atoms with Crippen LogP contribution in [0.1, 0.15) is 0 Å². The monoisotopic (exact) mass is 509 g/mol. The average Bonchev–Trinajstić information content (AvgIpc) is 3.37. The van der Waals surface area contributed by atoms with Gasteiger partial charge in [0, 0.05) is 27.5 Å². The molecule has 7 rings (SSSR count). The van der Waals surface area contributed by atoms with E-state index in [-0.39, 0.29) is 0 Å². The maximum absolute atomic E-state index is 6.39. The van der Waals surface area contributed by atoms with Crippen molar-refractivity contribution in [3.8, 4) is 45.3 Å². The van der Waals surface area contributed by atoms with Gasteiger partial charge in [-0.1, -0.05) is 115 Å². The van der Waals surface area contributed by atoms with Crippen LogP contribution in [0.25, 0.3) is 67.2 Å². The Hall–Kier alpha value is -4.80. The Morgan fingerprint density at radius 2 is 0.974 bits per heavy atom. The Bertz CT molecular complexity index is 1910. The number of nitrogens with zero attached hydrogens (tertiary/aromatic N) is 3. The van der Waals surface area contributed by atoms with Crippen molar-refractivity contribution in [1.82, 2.24) is 15.0 Å². The van der Waals surface area contributed by atoms with Crippen LogP contribution >= 0.6 is 11.6 Å². The van der Waals surface area contributed by atoms with Crippen LogP contribution in [0, 0.1) is 0 Å². The Morgan fingerprint density at radius 1 is 0.447 bits per heavy atom. The van der Waals surface area contributed by atoms with Crippen molar-refractivity contribution in [2.75, 3.05) is 0 Å². The summed E-state index contributed by atoms with van der Waals surface area (Å²) in [5.74, 6) is 1.81. The number of fused-ring (bicyclic) bond motifs is 3. The number of rotatable bonds is 4. The quantitative estimate of drug-likeness (QED) is 0.237. The third-order valence-electron chi connectivity index (χ3n) is 6.63. The molecule has 0 aliphatic carbocycles. The second-order valence-corrected chi connectivity index (χ2v) is 9.45. The Kier molecular flexibility index (Phi) is 5.46.